The van der Waals surface area contributed by atoms with Crippen molar-refractivity contribution in [3.8, 4) is 35.4 Å². The molecule has 0 radical (unpaired) electrons. The minimum absolute atomic E-state index is 0.0345. The number of hydrogen-bond acceptors (Lipinski definition) is 8. The molecule has 5 heterocycles. The summed E-state index contributed by atoms with van der Waals surface area (Å²) in [5.74, 6) is 2.08. The van der Waals surface area contributed by atoms with Crippen LogP contribution in [0.3, 0.4) is 0 Å². The quantitative estimate of drug-likeness (QED) is 0.250. The number of nitrogens with zero attached hydrogens (tertiary/aromatic N) is 5. The van der Waals surface area contributed by atoms with Gasteiger partial charge in [0.25, 0.3) is 0 Å². The van der Waals surface area contributed by atoms with E-state index in [-0.39, 0.29) is 50.3 Å². The topological polar surface area (TPSA) is 86.6 Å². The molecule has 2 aromatic heterocycles. The van der Waals surface area contributed by atoms with Gasteiger partial charge in [0.2, 0.25) is 0 Å². The van der Waals surface area contributed by atoms with Gasteiger partial charge in [-0.1, -0.05) is 18.9 Å². The number of piperazine rings is 1. The Kier molecular flexibility index (Phi) is 6.67. The highest BCUT2D eigenvalue weighted by atomic mass is 19.1. The van der Waals surface area contributed by atoms with E-state index in [0.717, 1.165) is 45.6 Å². The number of nitrogens with one attached hydrogen (secondary N) is 1. The maximum atomic E-state index is 16.9. The number of anilines is 1. The van der Waals surface area contributed by atoms with Crippen molar-refractivity contribution < 1.29 is 23.0 Å². The predicted octanol–water partition coefficient (Wildman–Crippen LogP) is 5.59. The lowest BCUT2D eigenvalue weighted by atomic mass is 9.95. The van der Waals surface area contributed by atoms with E-state index in [1.807, 2.05) is 0 Å². The molecule has 2 aromatic carbocycles. The van der Waals surface area contributed by atoms with Gasteiger partial charge < -0.3 is 25.0 Å². The zero-order valence-corrected chi connectivity index (χ0v) is 26.8. The van der Waals surface area contributed by atoms with Crippen molar-refractivity contribution in [3.05, 3.63) is 47.7 Å². The van der Waals surface area contributed by atoms with Crippen LogP contribution in [0.1, 0.15) is 44.6 Å². The highest BCUT2D eigenvalue weighted by molar-refractivity contribution is 6.03. The Bertz CT molecular complexity index is 2020. The first-order valence-corrected chi connectivity index (χ1v) is 16.9. The number of aromatic nitrogens is 3. The van der Waals surface area contributed by atoms with Gasteiger partial charge in [0.1, 0.15) is 34.8 Å². The van der Waals surface area contributed by atoms with Crippen LogP contribution in [0.25, 0.3) is 32.9 Å². The van der Waals surface area contributed by atoms with Gasteiger partial charge in [-0.2, -0.15) is 9.97 Å². The number of rotatable bonds is 7. The first kappa shape index (κ1) is 30.0. The van der Waals surface area contributed by atoms with Gasteiger partial charge in [-0.15, -0.1) is 6.42 Å². The molecule has 3 saturated heterocycles. The highest BCUT2D eigenvalue weighted by Crippen LogP contribution is 2.62. The van der Waals surface area contributed by atoms with Gasteiger partial charge in [-0.3, -0.25) is 4.98 Å². The third kappa shape index (κ3) is 4.78. The Hall–Kier alpha value is -4.14. The summed E-state index contributed by atoms with van der Waals surface area (Å²) < 4.78 is 51.9. The van der Waals surface area contributed by atoms with Gasteiger partial charge >= 0.3 is 6.01 Å². The summed E-state index contributed by atoms with van der Waals surface area (Å²) in [5, 5.41) is 15.5. The Morgan fingerprint density at radius 3 is 2.71 bits per heavy atom. The molecule has 0 spiro atoms. The Balaban J connectivity index is 1.12. The molecule has 3 aliphatic heterocycles. The van der Waals surface area contributed by atoms with E-state index < -0.39 is 17.8 Å². The van der Waals surface area contributed by atoms with Crippen molar-refractivity contribution in [1.82, 2.24) is 25.2 Å². The average Bonchev–Trinajstić information content (AvgIpc) is 4.00. The van der Waals surface area contributed by atoms with Gasteiger partial charge in [-0.05, 0) is 67.0 Å². The second kappa shape index (κ2) is 10.7. The number of fused-ring (bicyclic) bond motifs is 7. The summed E-state index contributed by atoms with van der Waals surface area (Å²) in [5.41, 5.74) is 0.251. The summed E-state index contributed by atoms with van der Waals surface area (Å²) in [4.78, 5) is 18.6. The zero-order valence-electron chi connectivity index (χ0n) is 26.8. The third-order valence-corrected chi connectivity index (χ3v) is 11.8. The Morgan fingerprint density at radius 2 is 1.96 bits per heavy atom. The summed E-state index contributed by atoms with van der Waals surface area (Å²) in [7, 11) is 0. The van der Waals surface area contributed by atoms with E-state index >= 15 is 4.39 Å². The monoisotopic (exact) mass is 654 g/mol. The van der Waals surface area contributed by atoms with Gasteiger partial charge in [0, 0.05) is 67.4 Å². The van der Waals surface area contributed by atoms with Crippen molar-refractivity contribution in [2.24, 2.45) is 16.7 Å². The molecule has 4 unspecified atom stereocenters. The molecule has 11 heteroatoms. The van der Waals surface area contributed by atoms with Crippen molar-refractivity contribution in [2.45, 2.75) is 57.3 Å². The van der Waals surface area contributed by atoms with Crippen LogP contribution in [-0.2, 0) is 0 Å². The molecule has 4 aromatic rings. The average molecular weight is 655 g/mol. The molecule has 4 atom stereocenters. The molecule has 9 rings (SSSR count). The zero-order chi connectivity index (χ0) is 32.9. The molecular formula is C37H37F3N6O2. The largest absolute Gasteiger partial charge is 0.508 e. The molecule has 2 N–H and O–H groups in total. The minimum atomic E-state index is -0.733. The molecular weight excluding hydrogens is 617 g/mol. The SMILES string of the molecule is C#Cc1c(F)ccc2cc(O)cc(-c3ncc4c(N5CC6NC(C5)C5(C)CC65)nc(OCC5(CN6CCC(F)CC6)CC5)nc4c3F)c12. The molecule has 2 bridgehead atoms. The second-order valence-corrected chi connectivity index (χ2v) is 15.0. The fraction of sp³-hybridized carbons (Fsp3) is 0.486. The van der Waals surface area contributed by atoms with Gasteiger partial charge in [0.05, 0.1) is 17.6 Å². The van der Waals surface area contributed by atoms with Crippen LogP contribution in [0.2, 0.25) is 0 Å². The summed E-state index contributed by atoms with van der Waals surface area (Å²) in [6, 6.07) is 6.24. The molecule has 2 saturated carbocycles. The number of benzene rings is 2. The predicted molar refractivity (Wildman–Crippen MR) is 177 cm³/mol. The standard InChI is InChI=1S/C37H37F3N6O2/c1-3-23-27(39)5-4-20-12-22(47)13-24(30(20)23)32-31(40)33-25(15-41-32)34(46-16-28-26-14-36(26,2)29(17-46)42-28)44-35(43-33)48-19-37(8-9-37)18-45-10-6-21(38)7-11-45/h1,4-5,12-13,15,21,26,28-29,42,47H,6-11,14,16-19H2,2H3. The maximum Gasteiger partial charge on any atom is 0.319 e. The van der Waals surface area contributed by atoms with Gasteiger partial charge in [-0.25, -0.2) is 13.2 Å². The fourth-order valence-electron chi connectivity index (χ4n) is 8.67. The molecule has 0 amide bonds. The van der Waals surface area contributed by atoms with Crippen LogP contribution in [0, 0.1) is 40.7 Å². The lowest BCUT2D eigenvalue weighted by molar-refractivity contribution is 0.107. The van der Waals surface area contributed by atoms with Crippen LogP contribution in [-0.4, -0.2) is 82.5 Å². The number of terminal acetylenes is 1. The first-order chi connectivity index (χ1) is 23.1. The molecule has 2 aliphatic carbocycles. The number of piperidine rings is 2. The molecule has 5 fully saturated rings. The molecule has 5 aliphatic rings. The molecule has 48 heavy (non-hydrogen) atoms. The summed E-state index contributed by atoms with van der Waals surface area (Å²) >= 11 is 0. The molecule has 248 valence electrons. The summed E-state index contributed by atoms with van der Waals surface area (Å²) in [6.45, 7) is 6.44. The normalized spacial score (nSPS) is 27.6. The van der Waals surface area contributed by atoms with E-state index in [0.29, 0.717) is 54.0 Å². The van der Waals surface area contributed by atoms with Crippen LogP contribution in [0.15, 0.2) is 30.5 Å². The van der Waals surface area contributed by atoms with Crippen LogP contribution < -0.4 is 15.0 Å². The number of phenols is 1. The number of aromatic hydroxyl groups is 1. The number of halogens is 3. The minimum Gasteiger partial charge on any atom is -0.508 e. The van der Waals surface area contributed by atoms with Crippen molar-refractivity contribution in [1.29, 1.82) is 0 Å². The van der Waals surface area contributed by atoms with Crippen LogP contribution >= 0.6 is 0 Å². The van der Waals surface area contributed by atoms with Crippen molar-refractivity contribution in [2.75, 3.05) is 44.2 Å². The number of phenolic OH excluding ortho intramolecular Hbond substituents is 1. The number of alkyl halides is 1. The lowest BCUT2D eigenvalue weighted by Crippen LogP contribution is -2.55. The van der Waals surface area contributed by atoms with E-state index in [4.69, 9.17) is 16.1 Å². The highest BCUT2D eigenvalue weighted by Gasteiger charge is 2.66. The number of ether oxygens (including phenoxy) is 1. The second-order valence-electron chi connectivity index (χ2n) is 15.0. The van der Waals surface area contributed by atoms with Crippen LogP contribution in [0.5, 0.6) is 11.8 Å². The Morgan fingerprint density at radius 1 is 1.15 bits per heavy atom. The number of likely N-dealkylation sites (tertiary alicyclic amines) is 1. The Labute approximate surface area is 276 Å². The fourth-order valence-corrected chi connectivity index (χ4v) is 8.67. The first-order valence-electron chi connectivity index (χ1n) is 16.9. The van der Waals surface area contributed by atoms with Gasteiger partial charge in [0.15, 0.2) is 5.82 Å². The van der Waals surface area contributed by atoms with Crippen molar-refractivity contribution >= 4 is 27.5 Å². The van der Waals surface area contributed by atoms with E-state index in [1.165, 1.54) is 30.7 Å². The lowest BCUT2D eigenvalue weighted by Gasteiger charge is -2.37. The maximum absolute atomic E-state index is 16.9. The van der Waals surface area contributed by atoms with Crippen LogP contribution in [0.4, 0.5) is 19.0 Å². The summed E-state index contributed by atoms with van der Waals surface area (Å²) in [6.07, 6.45) is 10.8. The number of pyridine rings is 1. The van der Waals surface area contributed by atoms with E-state index in [2.05, 4.69) is 37.9 Å². The number of hydrogen-bond donors (Lipinski definition) is 2. The molecule has 8 nitrogen and oxygen atoms in total. The van der Waals surface area contributed by atoms with Crippen molar-refractivity contribution in [3.63, 3.8) is 0 Å². The van der Waals surface area contributed by atoms with E-state index in [1.54, 1.807) is 6.20 Å². The smallest absolute Gasteiger partial charge is 0.319 e. The van der Waals surface area contributed by atoms with E-state index in [9.17, 15) is 13.9 Å². The third-order valence-electron chi connectivity index (χ3n) is 11.8.